The number of ether oxygens (including phenoxy) is 2. The van der Waals surface area contributed by atoms with Crippen molar-refractivity contribution in [2.45, 2.75) is 0 Å². The normalized spacial score (nSPS) is 10.8. The fraction of sp³-hybridized carbons (Fsp3) is 0.0800. The van der Waals surface area contributed by atoms with Crippen molar-refractivity contribution in [2.75, 3.05) is 19.5 Å². The third-order valence-electron chi connectivity index (χ3n) is 4.69. The number of rotatable bonds is 7. The van der Waals surface area contributed by atoms with Crippen molar-refractivity contribution in [2.24, 2.45) is 0 Å². The first kappa shape index (κ1) is 21.3. The molecule has 0 radical (unpaired) electrons. The second-order valence-electron chi connectivity index (χ2n) is 6.79. The molecule has 2 aromatic carbocycles. The van der Waals surface area contributed by atoms with E-state index in [9.17, 15) is 4.79 Å². The number of hydrogen-bond donors (Lipinski definition) is 1. The molecular formula is C25H21N3O3S. The molecule has 4 aromatic rings. The van der Waals surface area contributed by atoms with Crippen molar-refractivity contribution in [3.63, 3.8) is 0 Å². The van der Waals surface area contributed by atoms with Crippen molar-refractivity contribution in [3.8, 4) is 33.3 Å². The predicted molar refractivity (Wildman–Crippen MR) is 128 cm³/mol. The summed E-state index contributed by atoms with van der Waals surface area (Å²) in [4.78, 5) is 21.3. The highest BCUT2D eigenvalue weighted by Crippen LogP contribution is 2.30. The van der Waals surface area contributed by atoms with Crippen molar-refractivity contribution >= 4 is 29.0 Å². The van der Waals surface area contributed by atoms with Crippen LogP contribution in [0.4, 0.5) is 5.69 Å². The molecule has 0 spiro atoms. The van der Waals surface area contributed by atoms with E-state index in [4.69, 9.17) is 14.5 Å². The lowest BCUT2D eigenvalue weighted by molar-refractivity contribution is -0.111. The minimum atomic E-state index is -0.249. The summed E-state index contributed by atoms with van der Waals surface area (Å²) in [6.07, 6.45) is 6.69. The van der Waals surface area contributed by atoms with E-state index in [1.807, 2.05) is 47.8 Å². The standard InChI is InChI=1S/C25H21N3O3S/c1-30-21-9-10-23(31-2)18(14-21)8-11-24(29)27-20-7-3-5-17(13-20)22-16-32-25(28-22)19-6-4-12-26-15-19/h3-16H,1-2H3,(H,27,29)/b11-8+. The van der Waals surface area contributed by atoms with E-state index in [1.54, 1.807) is 56.2 Å². The summed E-state index contributed by atoms with van der Waals surface area (Å²) in [5.74, 6) is 1.10. The number of carbonyl (C=O) groups excluding carboxylic acids is 1. The molecule has 0 aliphatic rings. The zero-order valence-electron chi connectivity index (χ0n) is 17.6. The summed E-state index contributed by atoms with van der Waals surface area (Å²) in [6.45, 7) is 0. The number of nitrogens with one attached hydrogen (secondary N) is 1. The van der Waals surface area contributed by atoms with E-state index in [-0.39, 0.29) is 5.91 Å². The second kappa shape index (κ2) is 9.89. The Bertz CT molecular complexity index is 1250. The van der Waals surface area contributed by atoms with Gasteiger partial charge in [-0.2, -0.15) is 0 Å². The van der Waals surface area contributed by atoms with Gasteiger partial charge >= 0.3 is 0 Å². The number of carbonyl (C=O) groups is 1. The molecule has 1 amide bonds. The van der Waals surface area contributed by atoms with Gasteiger partial charge in [-0.3, -0.25) is 9.78 Å². The first-order valence-corrected chi connectivity index (χ1v) is 10.7. The molecule has 0 atom stereocenters. The summed E-state index contributed by atoms with van der Waals surface area (Å²) in [5.41, 5.74) is 4.19. The monoisotopic (exact) mass is 443 g/mol. The largest absolute Gasteiger partial charge is 0.497 e. The van der Waals surface area contributed by atoms with Crippen molar-refractivity contribution in [1.82, 2.24) is 9.97 Å². The molecule has 0 unspecified atom stereocenters. The number of pyridine rings is 1. The first-order chi connectivity index (χ1) is 15.7. The minimum absolute atomic E-state index is 0.249. The van der Waals surface area contributed by atoms with E-state index in [1.165, 1.54) is 6.08 Å². The maximum atomic E-state index is 12.5. The van der Waals surface area contributed by atoms with Crippen LogP contribution in [0.2, 0.25) is 0 Å². The molecule has 1 N–H and O–H groups in total. The van der Waals surface area contributed by atoms with Crippen LogP contribution in [0.15, 0.2) is 78.4 Å². The molecule has 0 saturated heterocycles. The van der Waals surface area contributed by atoms with Crippen molar-refractivity contribution < 1.29 is 14.3 Å². The van der Waals surface area contributed by atoms with Gasteiger partial charge in [-0.15, -0.1) is 11.3 Å². The molecular weight excluding hydrogens is 422 g/mol. The molecule has 0 saturated carbocycles. The SMILES string of the molecule is COc1ccc(OC)c(/C=C/C(=O)Nc2cccc(-c3csc(-c4cccnc4)n3)c2)c1. The quantitative estimate of drug-likeness (QED) is 0.380. The molecule has 160 valence electrons. The number of amides is 1. The summed E-state index contributed by atoms with van der Waals surface area (Å²) in [6, 6.07) is 16.9. The Labute approximate surface area is 190 Å². The highest BCUT2D eigenvalue weighted by atomic mass is 32.1. The lowest BCUT2D eigenvalue weighted by atomic mass is 10.1. The Morgan fingerprint density at radius 1 is 1.03 bits per heavy atom. The molecule has 0 aliphatic heterocycles. The van der Waals surface area contributed by atoms with Crippen LogP contribution in [0, 0.1) is 0 Å². The third-order valence-corrected chi connectivity index (χ3v) is 5.58. The lowest BCUT2D eigenvalue weighted by Gasteiger charge is -2.07. The maximum Gasteiger partial charge on any atom is 0.248 e. The Morgan fingerprint density at radius 3 is 2.69 bits per heavy atom. The number of thiazole rings is 1. The Kier molecular flexibility index (Phi) is 6.57. The molecule has 0 aliphatic carbocycles. The van der Waals surface area contributed by atoms with Gasteiger partial charge in [0.1, 0.15) is 16.5 Å². The Morgan fingerprint density at radius 2 is 1.91 bits per heavy atom. The summed E-state index contributed by atoms with van der Waals surface area (Å²) < 4.78 is 10.6. The second-order valence-corrected chi connectivity index (χ2v) is 7.65. The van der Waals surface area contributed by atoms with Gasteiger partial charge in [0, 0.05) is 46.2 Å². The molecule has 0 fully saturated rings. The molecule has 6 nitrogen and oxygen atoms in total. The van der Waals surface area contributed by atoms with E-state index in [2.05, 4.69) is 10.3 Å². The average Bonchev–Trinajstić information content (AvgIpc) is 3.34. The number of hydrogen-bond acceptors (Lipinski definition) is 6. The van der Waals surface area contributed by atoms with Crippen molar-refractivity contribution in [1.29, 1.82) is 0 Å². The van der Waals surface area contributed by atoms with Gasteiger partial charge in [0.05, 0.1) is 19.9 Å². The van der Waals surface area contributed by atoms with Gasteiger partial charge in [-0.1, -0.05) is 12.1 Å². The predicted octanol–water partition coefficient (Wildman–Crippen LogP) is 5.54. The zero-order valence-corrected chi connectivity index (χ0v) is 18.4. The average molecular weight is 444 g/mol. The maximum absolute atomic E-state index is 12.5. The minimum Gasteiger partial charge on any atom is -0.497 e. The number of methoxy groups -OCH3 is 2. The van der Waals surface area contributed by atoms with Crippen LogP contribution < -0.4 is 14.8 Å². The first-order valence-electron chi connectivity index (χ1n) is 9.84. The number of nitrogens with zero attached hydrogens (tertiary/aromatic N) is 2. The fourth-order valence-corrected chi connectivity index (χ4v) is 3.92. The topological polar surface area (TPSA) is 73.3 Å². The van der Waals surface area contributed by atoms with Crippen LogP contribution in [0.5, 0.6) is 11.5 Å². The van der Waals surface area contributed by atoms with Crippen molar-refractivity contribution in [3.05, 3.63) is 84.0 Å². The zero-order chi connectivity index (χ0) is 22.3. The Balaban J connectivity index is 1.48. The summed E-state index contributed by atoms with van der Waals surface area (Å²) in [5, 5.41) is 5.79. The lowest BCUT2D eigenvalue weighted by Crippen LogP contribution is -2.07. The van der Waals surface area contributed by atoms with E-state index in [0.29, 0.717) is 17.2 Å². The fourth-order valence-electron chi connectivity index (χ4n) is 3.10. The van der Waals surface area contributed by atoms with Gasteiger partial charge in [-0.05, 0) is 48.5 Å². The molecule has 7 heteroatoms. The summed E-state index contributed by atoms with van der Waals surface area (Å²) in [7, 11) is 3.18. The molecule has 0 bridgehead atoms. The smallest absolute Gasteiger partial charge is 0.248 e. The van der Waals surface area contributed by atoms with E-state index >= 15 is 0 Å². The summed E-state index contributed by atoms with van der Waals surface area (Å²) >= 11 is 1.56. The number of aromatic nitrogens is 2. The van der Waals surface area contributed by atoms with Gasteiger partial charge < -0.3 is 14.8 Å². The van der Waals surface area contributed by atoms with E-state index < -0.39 is 0 Å². The highest BCUT2D eigenvalue weighted by Gasteiger charge is 2.08. The van der Waals surface area contributed by atoms with Crippen LogP contribution in [0.1, 0.15) is 5.56 Å². The number of anilines is 1. The van der Waals surface area contributed by atoms with Crippen LogP contribution in [-0.4, -0.2) is 30.1 Å². The third kappa shape index (κ3) is 5.01. The van der Waals surface area contributed by atoms with Crippen LogP contribution in [0.3, 0.4) is 0 Å². The van der Waals surface area contributed by atoms with Crippen LogP contribution in [-0.2, 0) is 4.79 Å². The van der Waals surface area contributed by atoms with Gasteiger partial charge in [0.2, 0.25) is 5.91 Å². The van der Waals surface area contributed by atoms with Crippen LogP contribution >= 0.6 is 11.3 Å². The van der Waals surface area contributed by atoms with Gasteiger partial charge in [0.15, 0.2) is 0 Å². The Hall–Kier alpha value is -3.97. The van der Waals surface area contributed by atoms with Gasteiger partial charge in [0.25, 0.3) is 0 Å². The van der Waals surface area contributed by atoms with Gasteiger partial charge in [-0.25, -0.2) is 4.98 Å². The molecule has 4 rings (SSSR count). The van der Waals surface area contributed by atoms with Crippen LogP contribution in [0.25, 0.3) is 27.9 Å². The van der Waals surface area contributed by atoms with E-state index in [0.717, 1.165) is 27.4 Å². The highest BCUT2D eigenvalue weighted by molar-refractivity contribution is 7.13. The molecule has 2 aromatic heterocycles. The number of benzene rings is 2. The molecule has 32 heavy (non-hydrogen) atoms. The molecule has 2 heterocycles.